The fraction of sp³-hybridized carbons (Fsp3) is 0.250. The number of nitrogens with one attached hydrogen (secondary N) is 1. The second-order valence-electron chi connectivity index (χ2n) is 7.15. The summed E-state index contributed by atoms with van der Waals surface area (Å²) in [6, 6.07) is 8.30. The molecule has 1 saturated heterocycles. The van der Waals surface area contributed by atoms with E-state index in [0.717, 1.165) is 0 Å². The summed E-state index contributed by atoms with van der Waals surface area (Å²) in [5, 5.41) is 3.37. The molecule has 0 saturated carbocycles. The molecular weight excluding hydrogens is 396 g/mol. The molecule has 4 heterocycles. The van der Waals surface area contributed by atoms with Crippen LogP contribution in [0.15, 0.2) is 42.7 Å². The number of aromatic nitrogens is 2. The van der Waals surface area contributed by atoms with E-state index in [4.69, 9.17) is 21.1 Å². The maximum absolute atomic E-state index is 13.2. The van der Waals surface area contributed by atoms with Crippen molar-refractivity contribution in [1.82, 2.24) is 19.6 Å². The molecule has 0 aliphatic carbocycles. The first-order chi connectivity index (χ1) is 13.9. The fourth-order valence-corrected chi connectivity index (χ4v) is 3.81. The highest BCUT2D eigenvalue weighted by Gasteiger charge is 2.49. The lowest BCUT2D eigenvalue weighted by Gasteiger charge is -2.25. The minimum absolute atomic E-state index is 0.0596. The Morgan fingerprint density at radius 3 is 2.76 bits per heavy atom. The van der Waals surface area contributed by atoms with Crippen LogP contribution in [-0.2, 0) is 16.9 Å². The smallest absolute Gasteiger partial charge is 0.325 e. The number of urea groups is 1. The highest BCUT2D eigenvalue weighted by atomic mass is 35.5. The topological polar surface area (TPSA) is 85.2 Å². The zero-order valence-corrected chi connectivity index (χ0v) is 16.3. The Bertz CT molecular complexity index is 1160. The molecule has 1 atom stereocenters. The minimum Gasteiger partial charge on any atom is -0.486 e. The third-order valence-corrected chi connectivity index (χ3v) is 5.40. The Kier molecular flexibility index (Phi) is 3.92. The summed E-state index contributed by atoms with van der Waals surface area (Å²) < 4.78 is 12.9. The zero-order chi connectivity index (χ0) is 20.2. The van der Waals surface area contributed by atoms with Gasteiger partial charge in [-0.05, 0) is 36.8 Å². The van der Waals surface area contributed by atoms with E-state index in [1.807, 2.05) is 0 Å². The minimum atomic E-state index is -1.20. The average Bonchev–Trinajstić information content (AvgIpc) is 3.21. The third kappa shape index (κ3) is 2.87. The van der Waals surface area contributed by atoms with Crippen LogP contribution in [0.2, 0.25) is 5.02 Å². The first kappa shape index (κ1) is 17.8. The van der Waals surface area contributed by atoms with Crippen LogP contribution in [0.5, 0.6) is 11.5 Å². The normalized spacial score (nSPS) is 21.0. The number of hydrogen-bond donors (Lipinski definition) is 1. The van der Waals surface area contributed by atoms with Crippen LogP contribution in [0.25, 0.3) is 5.65 Å². The molecule has 1 fully saturated rings. The predicted molar refractivity (Wildman–Crippen MR) is 104 cm³/mol. The number of rotatable bonds is 3. The van der Waals surface area contributed by atoms with Gasteiger partial charge in [0.2, 0.25) is 0 Å². The maximum Gasteiger partial charge on any atom is 0.325 e. The molecule has 8 nitrogen and oxygen atoms in total. The molecule has 1 aromatic carbocycles. The quantitative estimate of drug-likeness (QED) is 0.668. The number of halogens is 1. The van der Waals surface area contributed by atoms with E-state index in [9.17, 15) is 9.59 Å². The molecular formula is C20H17ClN4O4. The van der Waals surface area contributed by atoms with E-state index < -0.39 is 11.6 Å². The van der Waals surface area contributed by atoms with E-state index in [-0.39, 0.29) is 12.5 Å². The number of imide groups is 1. The van der Waals surface area contributed by atoms with E-state index in [1.54, 1.807) is 54.0 Å². The number of fused-ring (bicyclic) bond motifs is 2. The van der Waals surface area contributed by atoms with Gasteiger partial charge in [0.15, 0.2) is 11.5 Å². The van der Waals surface area contributed by atoms with Gasteiger partial charge in [0.25, 0.3) is 5.91 Å². The van der Waals surface area contributed by atoms with Crippen molar-refractivity contribution in [3.05, 3.63) is 59.0 Å². The number of imidazole rings is 1. The van der Waals surface area contributed by atoms with Crippen molar-refractivity contribution in [3.8, 4) is 11.5 Å². The number of ether oxygens (including phenoxy) is 2. The van der Waals surface area contributed by atoms with Gasteiger partial charge < -0.3 is 19.2 Å². The molecule has 0 bridgehead atoms. The van der Waals surface area contributed by atoms with Crippen LogP contribution in [-0.4, -0.2) is 39.4 Å². The maximum atomic E-state index is 13.2. The summed E-state index contributed by atoms with van der Waals surface area (Å²) in [5.41, 5.74) is 0.702. The molecule has 3 aromatic rings. The number of pyridine rings is 1. The zero-order valence-electron chi connectivity index (χ0n) is 15.5. The summed E-state index contributed by atoms with van der Waals surface area (Å²) in [7, 11) is 0. The van der Waals surface area contributed by atoms with Gasteiger partial charge in [-0.25, -0.2) is 9.78 Å². The molecule has 29 heavy (non-hydrogen) atoms. The van der Waals surface area contributed by atoms with Crippen molar-refractivity contribution in [1.29, 1.82) is 0 Å². The third-order valence-electron chi connectivity index (χ3n) is 5.18. The Morgan fingerprint density at radius 1 is 1.14 bits per heavy atom. The van der Waals surface area contributed by atoms with Gasteiger partial charge >= 0.3 is 6.03 Å². The molecule has 2 aliphatic heterocycles. The van der Waals surface area contributed by atoms with Gasteiger partial charge in [-0.1, -0.05) is 17.7 Å². The van der Waals surface area contributed by atoms with Crippen molar-refractivity contribution in [2.45, 2.75) is 19.0 Å². The highest BCUT2D eigenvalue weighted by molar-refractivity contribution is 6.30. The second kappa shape index (κ2) is 6.38. The Morgan fingerprint density at radius 2 is 1.93 bits per heavy atom. The summed E-state index contributed by atoms with van der Waals surface area (Å²) in [4.78, 5) is 31.4. The molecule has 3 amide bonds. The first-order valence-corrected chi connectivity index (χ1v) is 9.49. The van der Waals surface area contributed by atoms with E-state index in [1.165, 1.54) is 4.90 Å². The van der Waals surface area contributed by atoms with E-state index in [2.05, 4.69) is 10.3 Å². The molecule has 0 spiro atoms. The van der Waals surface area contributed by atoms with E-state index >= 15 is 0 Å². The largest absolute Gasteiger partial charge is 0.486 e. The Labute approximate surface area is 171 Å². The van der Waals surface area contributed by atoms with Crippen molar-refractivity contribution in [2.75, 3.05) is 13.2 Å². The lowest BCUT2D eigenvalue weighted by Crippen LogP contribution is -2.41. The standard InChI is InChI=1S/C20H17ClN4O4/c1-20(12-2-4-15-16(8-12)29-7-6-28-15)18(26)25(19(27)23-20)11-14-10-24-9-13(21)3-5-17(24)22-14/h2-5,8-10H,6-7,11H2,1H3,(H,23,27)/t20-/m1/s1. The van der Waals surface area contributed by atoms with Crippen LogP contribution in [0, 0.1) is 0 Å². The molecule has 9 heteroatoms. The van der Waals surface area contributed by atoms with Crippen molar-refractivity contribution >= 4 is 29.2 Å². The number of nitrogens with zero attached hydrogens (tertiary/aromatic N) is 3. The second-order valence-corrected chi connectivity index (χ2v) is 7.59. The monoisotopic (exact) mass is 412 g/mol. The molecule has 0 unspecified atom stereocenters. The van der Waals surface area contributed by atoms with Gasteiger partial charge in [-0.3, -0.25) is 9.69 Å². The number of carbonyl (C=O) groups excluding carboxylic acids is 2. The van der Waals surface area contributed by atoms with E-state index in [0.29, 0.717) is 46.6 Å². The molecule has 148 valence electrons. The SMILES string of the molecule is C[C@]1(c2ccc3c(c2)OCCO3)NC(=O)N(Cc2cn3cc(Cl)ccc3n2)C1=O. The van der Waals surface area contributed by atoms with Crippen LogP contribution >= 0.6 is 11.6 Å². The van der Waals surface area contributed by atoms with Crippen molar-refractivity contribution < 1.29 is 19.1 Å². The molecule has 2 aromatic heterocycles. The molecule has 1 N–H and O–H groups in total. The van der Waals surface area contributed by atoms with Crippen LogP contribution in [0.4, 0.5) is 4.79 Å². The Balaban J connectivity index is 1.44. The lowest BCUT2D eigenvalue weighted by atomic mass is 9.91. The van der Waals surface area contributed by atoms with Crippen molar-refractivity contribution in [2.24, 2.45) is 0 Å². The van der Waals surface area contributed by atoms with Crippen LogP contribution in [0.3, 0.4) is 0 Å². The van der Waals surface area contributed by atoms with Gasteiger partial charge in [-0.15, -0.1) is 0 Å². The first-order valence-electron chi connectivity index (χ1n) is 9.11. The van der Waals surface area contributed by atoms with Crippen LogP contribution < -0.4 is 14.8 Å². The van der Waals surface area contributed by atoms with Gasteiger partial charge in [-0.2, -0.15) is 0 Å². The molecule has 5 rings (SSSR count). The number of benzene rings is 1. The van der Waals surface area contributed by atoms with Crippen molar-refractivity contribution in [3.63, 3.8) is 0 Å². The molecule has 2 aliphatic rings. The fourth-order valence-electron chi connectivity index (χ4n) is 3.65. The average molecular weight is 413 g/mol. The summed E-state index contributed by atoms with van der Waals surface area (Å²) in [5.74, 6) is 0.836. The van der Waals surface area contributed by atoms with Crippen LogP contribution in [0.1, 0.15) is 18.2 Å². The Hall–Kier alpha value is -3.26. The van der Waals surface area contributed by atoms with Gasteiger partial charge in [0.05, 0.1) is 17.3 Å². The predicted octanol–water partition coefficient (Wildman–Crippen LogP) is 2.73. The number of carbonyl (C=O) groups is 2. The van der Waals surface area contributed by atoms with Gasteiger partial charge in [0, 0.05) is 12.4 Å². The lowest BCUT2D eigenvalue weighted by molar-refractivity contribution is -0.131. The summed E-state index contributed by atoms with van der Waals surface area (Å²) in [6.07, 6.45) is 3.47. The van der Waals surface area contributed by atoms with Gasteiger partial charge in [0.1, 0.15) is 24.4 Å². The highest BCUT2D eigenvalue weighted by Crippen LogP contribution is 2.37. The number of hydrogen-bond acceptors (Lipinski definition) is 5. The summed E-state index contributed by atoms with van der Waals surface area (Å²) >= 11 is 6.00. The molecule has 0 radical (unpaired) electrons. The number of amides is 3. The summed E-state index contributed by atoms with van der Waals surface area (Å²) in [6.45, 7) is 2.67.